The van der Waals surface area contributed by atoms with Gasteiger partial charge in [-0.3, -0.25) is 4.79 Å². The molecule has 0 N–H and O–H groups in total. The molecule has 0 bridgehead atoms. The first-order valence-corrected chi connectivity index (χ1v) is 9.11. The smallest absolute Gasteiger partial charge is 0.315 e. The van der Waals surface area contributed by atoms with Crippen molar-refractivity contribution in [2.45, 2.75) is 6.42 Å². The van der Waals surface area contributed by atoms with Crippen molar-refractivity contribution in [3.05, 3.63) is 102 Å². The van der Waals surface area contributed by atoms with Gasteiger partial charge in [0.05, 0.1) is 6.42 Å². The number of carbonyl (C=O) groups is 1. The molecule has 0 aliphatic rings. The van der Waals surface area contributed by atoms with Gasteiger partial charge in [0.15, 0.2) is 0 Å². The third-order valence-electron chi connectivity index (χ3n) is 4.46. The molecule has 0 saturated carbocycles. The van der Waals surface area contributed by atoms with E-state index in [0.717, 1.165) is 27.5 Å². The van der Waals surface area contributed by atoms with Crippen LogP contribution in [0.15, 0.2) is 91.0 Å². The van der Waals surface area contributed by atoms with E-state index in [1.165, 1.54) is 0 Å². The molecule has 0 saturated heterocycles. The normalized spacial score (nSPS) is 10.7. The van der Waals surface area contributed by atoms with Crippen molar-refractivity contribution >= 4 is 28.3 Å². The second kappa shape index (κ2) is 7.65. The minimum atomic E-state index is -0.296. The van der Waals surface area contributed by atoms with E-state index in [2.05, 4.69) is 12.1 Å². The van der Waals surface area contributed by atoms with E-state index in [1.54, 1.807) is 12.1 Å². The number of hydrogen-bond donors (Lipinski definition) is 0. The summed E-state index contributed by atoms with van der Waals surface area (Å²) in [6, 6.07) is 29.2. The first kappa shape index (κ1) is 17.3. The van der Waals surface area contributed by atoms with Gasteiger partial charge in [-0.15, -0.1) is 0 Å². The van der Waals surface area contributed by atoms with Gasteiger partial charge in [-0.1, -0.05) is 90.5 Å². The molecule has 4 aromatic rings. The fourth-order valence-electron chi connectivity index (χ4n) is 3.09. The molecule has 4 rings (SSSR count). The SMILES string of the molecule is O=C(Cc1ccc(-c2ccccc2)cc1)Oc1ccc(Cl)c2ccccc12. The summed E-state index contributed by atoms with van der Waals surface area (Å²) in [6.07, 6.45) is 0.214. The van der Waals surface area contributed by atoms with Crippen LogP contribution in [0.4, 0.5) is 0 Å². The van der Waals surface area contributed by atoms with Crippen LogP contribution in [0.1, 0.15) is 5.56 Å². The number of halogens is 1. The van der Waals surface area contributed by atoms with E-state index in [4.69, 9.17) is 16.3 Å². The van der Waals surface area contributed by atoms with E-state index in [9.17, 15) is 4.79 Å². The highest BCUT2D eigenvalue weighted by atomic mass is 35.5. The Hall–Kier alpha value is -3.10. The number of ether oxygens (including phenoxy) is 1. The lowest BCUT2D eigenvalue weighted by Gasteiger charge is -2.09. The Morgan fingerprint density at radius 1 is 0.704 bits per heavy atom. The third-order valence-corrected chi connectivity index (χ3v) is 4.79. The van der Waals surface area contributed by atoms with Crippen LogP contribution < -0.4 is 4.74 Å². The summed E-state index contributed by atoms with van der Waals surface area (Å²) in [5.74, 6) is 0.232. The average Bonchev–Trinajstić information content (AvgIpc) is 2.71. The van der Waals surface area contributed by atoms with Gasteiger partial charge in [-0.2, -0.15) is 0 Å². The summed E-state index contributed by atoms with van der Waals surface area (Å²) >= 11 is 6.22. The van der Waals surface area contributed by atoms with Crippen molar-refractivity contribution in [2.75, 3.05) is 0 Å². The predicted octanol–water partition coefficient (Wildman–Crippen LogP) is 6.31. The minimum absolute atomic E-state index is 0.214. The molecule has 0 spiro atoms. The van der Waals surface area contributed by atoms with E-state index < -0.39 is 0 Å². The van der Waals surface area contributed by atoms with Crippen molar-refractivity contribution in [1.29, 1.82) is 0 Å². The Morgan fingerprint density at radius 3 is 2.07 bits per heavy atom. The highest BCUT2D eigenvalue weighted by Crippen LogP contribution is 2.31. The summed E-state index contributed by atoms with van der Waals surface area (Å²) in [5.41, 5.74) is 3.19. The predicted molar refractivity (Wildman–Crippen MR) is 110 cm³/mol. The second-order valence-corrected chi connectivity index (χ2v) is 6.71. The fraction of sp³-hybridized carbons (Fsp3) is 0.0417. The molecule has 4 aromatic carbocycles. The molecule has 27 heavy (non-hydrogen) atoms. The lowest BCUT2D eigenvalue weighted by atomic mass is 10.0. The van der Waals surface area contributed by atoms with Crippen LogP contribution in [0.5, 0.6) is 5.75 Å². The Kier molecular flexibility index (Phi) is 4.91. The van der Waals surface area contributed by atoms with Crippen LogP contribution in [0.2, 0.25) is 5.02 Å². The van der Waals surface area contributed by atoms with E-state index in [1.807, 2.05) is 66.7 Å². The van der Waals surface area contributed by atoms with Gasteiger partial charge in [-0.25, -0.2) is 0 Å². The number of hydrogen-bond acceptors (Lipinski definition) is 2. The zero-order chi connectivity index (χ0) is 18.6. The van der Waals surface area contributed by atoms with Gasteiger partial charge in [0.1, 0.15) is 5.75 Å². The van der Waals surface area contributed by atoms with Gasteiger partial charge in [0.2, 0.25) is 0 Å². The molecule has 0 amide bonds. The number of carbonyl (C=O) groups excluding carboxylic acids is 1. The number of benzene rings is 4. The maximum Gasteiger partial charge on any atom is 0.315 e. The highest BCUT2D eigenvalue weighted by molar-refractivity contribution is 6.35. The van der Waals surface area contributed by atoms with Crippen LogP contribution in [0, 0.1) is 0 Å². The lowest BCUT2D eigenvalue weighted by Crippen LogP contribution is -2.11. The molecule has 2 nitrogen and oxygen atoms in total. The second-order valence-electron chi connectivity index (χ2n) is 6.30. The molecule has 0 fully saturated rings. The van der Waals surface area contributed by atoms with Gasteiger partial charge >= 0.3 is 5.97 Å². The standard InChI is InChI=1S/C24H17ClO2/c25-22-14-15-23(21-9-5-4-8-20(21)22)27-24(26)16-17-10-12-19(13-11-17)18-6-2-1-3-7-18/h1-15H,16H2. The van der Waals surface area contributed by atoms with Crippen LogP contribution in [0.3, 0.4) is 0 Å². The zero-order valence-corrected chi connectivity index (χ0v) is 15.3. The van der Waals surface area contributed by atoms with E-state index in [0.29, 0.717) is 10.8 Å². The van der Waals surface area contributed by atoms with Gasteiger partial charge in [0.25, 0.3) is 0 Å². The highest BCUT2D eigenvalue weighted by Gasteiger charge is 2.11. The number of esters is 1. The maximum absolute atomic E-state index is 12.4. The Balaban J connectivity index is 1.50. The summed E-state index contributed by atoms with van der Waals surface area (Å²) < 4.78 is 5.60. The summed E-state index contributed by atoms with van der Waals surface area (Å²) in [6.45, 7) is 0. The van der Waals surface area contributed by atoms with Gasteiger partial charge < -0.3 is 4.74 Å². The molecule has 0 aromatic heterocycles. The van der Waals surface area contributed by atoms with Crippen molar-refractivity contribution < 1.29 is 9.53 Å². The first-order valence-electron chi connectivity index (χ1n) is 8.73. The summed E-state index contributed by atoms with van der Waals surface area (Å²) in [5, 5.41) is 2.34. The molecule has 0 aliphatic carbocycles. The van der Waals surface area contributed by atoms with Crippen LogP contribution in [0.25, 0.3) is 21.9 Å². The van der Waals surface area contributed by atoms with E-state index >= 15 is 0 Å². The largest absolute Gasteiger partial charge is 0.426 e. The molecular formula is C24H17ClO2. The Bertz CT molecular complexity index is 1090. The topological polar surface area (TPSA) is 26.3 Å². The summed E-state index contributed by atoms with van der Waals surface area (Å²) in [4.78, 5) is 12.4. The number of rotatable bonds is 4. The van der Waals surface area contributed by atoms with Crippen LogP contribution >= 0.6 is 11.6 Å². The third kappa shape index (κ3) is 3.86. The van der Waals surface area contributed by atoms with Crippen LogP contribution in [-0.4, -0.2) is 5.97 Å². The minimum Gasteiger partial charge on any atom is -0.426 e. The van der Waals surface area contributed by atoms with Crippen molar-refractivity contribution in [3.8, 4) is 16.9 Å². The van der Waals surface area contributed by atoms with Crippen molar-refractivity contribution in [1.82, 2.24) is 0 Å². The monoisotopic (exact) mass is 372 g/mol. The molecule has 0 aliphatic heterocycles. The summed E-state index contributed by atoms with van der Waals surface area (Å²) in [7, 11) is 0. The zero-order valence-electron chi connectivity index (χ0n) is 14.6. The molecule has 0 heterocycles. The molecule has 0 radical (unpaired) electrons. The quantitative estimate of drug-likeness (QED) is 0.310. The average molecular weight is 373 g/mol. The van der Waals surface area contributed by atoms with Crippen molar-refractivity contribution in [3.63, 3.8) is 0 Å². The fourth-order valence-corrected chi connectivity index (χ4v) is 3.32. The Morgan fingerprint density at radius 2 is 1.33 bits per heavy atom. The Labute approximate surface area is 163 Å². The molecule has 0 atom stereocenters. The molecular weight excluding hydrogens is 356 g/mol. The van der Waals surface area contributed by atoms with Crippen LogP contribution in [-0.2, 0) is 11.2 Å². The maximum atomic E-state index is 12.4. The molecule has 132 valence electrons. The molecule has 0 unspecified atom stereocenters. The van der Waals surface area contributed by atoms with E-state index in [-0.39, 0.29) is 12.4 Å². The van der Waals surface area contributed by atoms with Crippen molar-refractivity contribution in [2.24, 2.45) is 0 Å². The first-order chi connectivity index (χ1) is 13.2. The van der Waals surface area contributed by atoms with Gasteiger partial charge in [0, 0.05) is 15.8 Å². The molecule has 3 heteroatoms. The lowest BCUT2D eigenvalue weighted by molar-refractivity contribution is -0.133. The number of fused-ring (bicyclic) bond motifs is 1. The van der Waals surface area contributed by atoms with Gasteiger partial charge in [-0.05, 0) is 28.8 Å².